The number of hydrogen-bond donors (Lipinski definition) is 1. The number of benzene rings is 2. The molecule has 0 spiro atoms. The van der Waals surface area contributed by atoms with Gasteiger partial charge in [0.2, 0.25) is 0 Å². The molecule has 0 radical (unpaired) electrons. The van der Waals surface area contributed by atoms with Crippen LogP contribution in [0.25, 0.3) is 0 Å². The molecular formula is C18H23N3. The van der Waals surface area contributed by atoms with Crippen LogP contribution in [0.5, 0.6) is 0 Å². The van der Waals surface area contributed by atoms with Gasteiger partial charge in [-0.25, -0.2) is 0 Å². The second kappa shape index (κ2) is 6.93. The summed E-state index contributed by atoms with van der Waals surface area (Å²) in [6, 6.07) is 16.6. The summed E-state index contributed by atoms with van der Waals surface area (Å²) in [5, 5.41) is 3.23. The number of nitrogens with one attached hydrogen (secondary N) is 1. The maximum absolute atomic E-state index is 4.81. The smallest absolute Gasteiger partial charge is 0.0634 e. The lowest BCUT2D eigenvalue weighted by Gasteiger charge is -2.13. The van der Waals surface area contributed by atoms with Crippen molar-refractivity contribution in [1.82, 2.24) is 0 Å². The first kappa shape index (κ1) is 15.1. The lowest BCUT2D eigenvalue weighted by molar-refractivity contribution is 1.13. The second-order valence-corrected chi connectivity index (χ2v) is 5.12. The molecule has 0 aromatic heterocycles. The fourth-order valence-electron chi connectivity index (χ4n) is 2.26. The molecule has 3 nitrogen and oxygen atoms in total. The summed E-state index contributed by atoms with van der Waals surface area (Å²) in [5.74, 6) is 0. The SMILES string of the molecule is CCC(=Nc1ccc(N(C)C)cc1)c1ccccc1NC. The van der Waals surface area contributed by atoms with Crippen molar-refractivity contribution >= 4 is 22.8 Å². The average molecular weight is 281 g/mol. The molecule has 0 fully saturated rings. The maximum atomic E-state index is 4.81. The van der Waals surface area contributed by atoms with Gasteiger partial charge >= 0.3 is 0 Å². The number of hydrogen-bond acceptors (Lipinski definition) is 3. The van der Waals surface area contributed by atoms with E-state index in [2.05, 4.69) is 59.6 Å². The van der Waals surface area contributed by atoms with Gasteiger partial charge in [-0.3, -0.25) is 4.99 Å². The first-order valence-electron chi connectivity index (χ1n) is 7.27. The number of anilines is 2. The van der Waals surface area contributed by atoms with Crippen molar-refractivity contribution in [3.8, 4) is 0 Å². The van der Waals surface area contributed by atoms with Gasteiger partial charge in [-0.05, 0) is 36.8 Å². The van der Waals surface area contributed by atoms with Crippen LogP contribution in [0.2, 0.25) is 0 Å². The van der Waals surface area contributed by atoms with Crippen LogP contribution in [0.1, 0.15) is 18.9 Å². The zero-order valence-corrected chi connectivity index (χ0v) is 13.2. The molecule has 0 aliphatic heterocycles. The molecule has 1 N–H and O–H groups in total. The predicted molar refractivity (Wildman–Crippen MR) is 93.2 cm³/mol. The Labute approximate surface area is 127 Å². The van der Waals surface area contributed by atoms with Crippen LogP contribution in [0.15, 0.2) is 53.5 Å². The van der Waals surface area contributed by atoms with Gasteiger partial charge in [0.25, 0.3) is 0 Å². The van der Waals surface area contributed by atoms with Crippen LogP contribution in [-0.2, 0) is 0 Å². The molecule has 0 saturated carbocycles. The molecule has 0 aliphatic rings. The fraction of sp³-hybridized carbons (Fsp3) is 0.278. The van der Waals surface area contributed by atoms with Gasteiger partial charge < -0.3 is 10.2 Å². The molecule has 2 aromatic carbocycles. The first-order valence-corrected chi connectivity index (χ1v) is 7.27. The Morgan fingerprint density at radius 2 is 1.71 bits per heavy atom. The van der Waals surface area contributed by atoms with Gasteiger partial charge in [-0.1, -0.05) is 25.1 Å². The van der Waals surface area contributed by atoms with E-state index in [-0.39, 0.29) is 0 Å². The number of nitrogens with zero attached hydrogens (tertiary/aromatic N) is 2. The highest BCUT2D eigenvalue weighted by Crippen LogP contribution is 2.22. The first-order chi connectivity index (χ1) is 10.2. The van der Waals surface area contributed by atoms with Crippen molar-refractivity contribution in [2.24, 2.45) is 4.99 Å². The van der Waals surface area contributed by atoms with Crippen molar-refractivity contribution < 1.29 is 0 Å². The number of para-hydroxylation sites is 1. The minimum Gasteiger partial charge on any atom is -0.388 e. The van der Waals surface area contributed by atoms with Crippen molar-refractivity contribution in [3.05, 3.63) is 54.1 Å². The third-order valence-corrected chi connectivity index (χ3v) is 3.47. The minimum absolute atomic E-state index is 0.897. The van der Waals surface area contributed by atoms with E-state index in [0.717, 1.165) is 23.5 Å². The third kappa shape index (κ3) is 3.63. The number of rotatable bonds is 5. The molecule has 0 atom stereocenters. The van der Waals surface area contributed by atoms with Gasteiger partial charge in [0, 0.05) is 38.1 Å². The summed E-state index contributed by atoms with van der Waals surface area (Å²) in [4.78, 5) is 6.90. The topological polar surface area (TPSA) is 27.6 Å². The Kier molecular flexibility index (Phi) is 4.99. The van der Waals surface area contributed by atoms with Crippen molar-refractivity contribution in [2.45, 2.75) is 13.3 Å². The van der Waals surface area contributed by atoms with E-state index in [9.17, 15) is 0 Å². The van der Waals surface area contributed by atoms with E-state index in [1.165, 1.54) is 11.3 Å². The predicted octanol–water partition coefficient (Wildman–Crippen LogP) is 4.33. The summed E-state index contributed by atoms with van der Waals surface area (Å²) in [5.41, 5.74) is 5.55. The third-order valence-electron chi connectivity index (χ3n) is 3.47. The van der Waals surface area contributed by atoms with Gasteiger partial charge in [0.1, 0.15) is 0 Å². The van der Waals surface area contributed by atoms with Crippen molar-refractivity contribution in [1.29, 1.82) is 0 Å². The maximum Gasteiger partial charge on any atom is 0.0634 e. The van der Waals surface area contributed by atoms with Crippen LogP contribution in [-0.4, -0.2) is 26.9 Å². The monoisotopic (exact) mass is 281 g/mol. The van der Waals surface area contributed by atoms with E-state index in [1.807, 2.05) is 27.2 Å². The highest BCUT2D eigenvalue weighted by Gasteiger charge is 2.06. The van der Waals surface area contributed by atoms with E-state index in [1.54, 1.807) is 0 Å². The normalized spacial score (nSPS) is 11.3. The lowest BCUT2D eigenvalue weighted by Crippen LogP contribution is -2.07. The molecular weight excluding hydrogens is 258 g/mol. The van der Waals surface area contributed by atoms with Crippen LogP contribution in [0.4, 0.5) is 17.1 Å². The summed E-state index contributed by atoms with van der Waals surface area (Å²) < 4.78 is 0. The molecule has 21 heavy (non-hydrogen) atoms. The molecule has 3 heteroatoms. The Balaban J connectivity index is 2.36. The minimum atomic E-state index is 0.897. The van der Waals surface area contributed by atoms with Crippen LogP contribution < -0.4 is 10.2 Å². The van der Waals surface area contributed by atoms with E-state index in [0.29, 0.717) is 0 Å². The van der Waals surface area contributed by atoms with Crippen molar-refractivity contribution in [2.75, 3.05) is 31.4 Å². The summed E-state index contributed by atoms with van der Waals surface area (Å²) in [6.07, 6.45) is 0.897. The van der Waals surface area contributed by atoms with Gasteiger partial charge in [-0.15, -0.1) is 0 Å². The zero-order chi connectivity index (χ0) is 15.2. The highest BCUT2D eigenvalue weighted by atomic mass is 15.1. The molecule has 0 heterocycles. The van der Waals surface area contributed by atoms with E-state index >= 15 is 0 Å². The van der Waals surface area contributed by atoms with E-state index in [4.69, 9.17) is 4.99 Å². The highest BCUT2D eigenvalue weighted by molar-refractivity contribution is 6.06. The molecule has 0 unspecified atom stereocenters. The molecule has 2 rings (SSSR count). The molecule has 2 aromatic rings. The fourth-order valence-corrected chi connectivity index (χ4v) is 2.26. The average Bonchev–Trinajstić information content (AvgIpc) is 2.53. The Morgan fingerprint density at radius 3 is 2.29 bits per heavy atom. The summed E-state index contributed by atoms with van der Waals surface area (Å²) in [7, 11) is 6.02. The van der Waals surface area contributed by atoms with Gasteiger partial charge in [0.15, 0.2) is 0 Å². The molecule has 0 saturated heterocycles. The Hall–Kier alpha value is -2.29. The van der Waals surface area contributed by atoms with Gasteiger partial charge in [-0.2, -0.15) is 0 Å². The van der Waals surface area contributed by atoms with Crippen LogP contribution >= 0.6 is 0 Å². The largest absolute Gasteiger partial charge is 0.388 e. The van der Waals surface area contributed by atoms with Crippen LogP contribution in [0, 0.1) is 0 Å². The van der Waals surface area contributed by atoms with Crippen molar-refractivity contribution in [3.63, 3.8) is 0 Å². The molecule has 0 amide bonds. The summed E-state index contributed by atoms with van der Waals surface area (Å²) >= 11 is 0. The Morgan fingerprint density at radius 1 is 1.05 bits per heavy atom. The lowest BCUT2D eigenvalue weighted by atomic mass is 10.1. The zero-order valence-electron chi connectivity index (χ0n) is 13.2. The van der Waals surface area contributed by atoms with Gasteiger partial charge in [0.05, 0.1) is 11.4 Å². The molecule has 0 aliphatic carbocycles. The molecule has 0 bridgehead atoms. The standard InChI is InChI=1S/C18H23N3/c1-5-17(16-8-6-7-9-18(16)19-2)20-14-10-12-15(13-11-14)21(3)4/h6-13,19H,5H2,1-4H3. The Bertz CT molecular complexity index is 613. The number of aliphatic imine (C=N–C) groups is 1. The summed E-state index contributed by atoms with van der Waals surface area (Å²) in [6.45, 7) is 2.14. The molecule has 110 valence electrons. The van der Waals surface area contributed by atoms with E-state index < -0.39 is 0 Å². The quantitative estimate of drug-likeness (QED) is 0.826. The second-order valence-electron chi connectivity index (χ2n) is 5.12. The van der Waals surface area contributed by atoms with Crippen LogP contribution in [0.3, 0.4) is 0 Å².